The van der Waals surface area contributed by atoms with E-state index in [-0.39, 0.29) is 0 Å². The Labute approximate surface area is 121 Å². The van der Waals surface area contributed by atoms with E-state index < -0.39 is 0 Å². The molecule has 0 atom stereocenters. The zero-order chi connectivity index (χ0) is 14.0. The number of hydrogen-bond donors (Lipinski definition) is 1. The summed E-state index contributed by atoms with van der Waals surface area (Å²) in [5.74, 6) is 0. The zero-order valence-corrected chi connectivity index (χ0v) is 12.1. The summed E-state index contributed by atoms with van der Waals surface area (Å²) in [4.78, 5) is 0. The van der Waals surface area contributed by atoms with Gasteiger partial charge in [-0.15, -0.1) is 0 Å². The van der Waals surface area contributed by atoms with E-state index in [0.717, 1.165) is 37.2 Å². The first-order valence-electron chi connectivity index (χ1n) is 7.70. The van der Waals surface area contributed by atoms with Crippen molar-refractivity contribution in [2.45, 2.75) is 51.2 Å². The van der Waals surface area contributed by atoms with Gasteiger partial charge in [0, 0.05) is 13.2 Å². The Morgan fingerprint density at radius 3 is 2.90 bits per heavy atom. The largest absolute Gasteiger partial charge is 0.378 e. The molecule has 1 aliphatic rings. The minimum atomic E-state index is 0.510. The van der Waals surface area contributed by atoms with E-state index in [2.05, 4.69) is 11.4 Å². The average molecular weight is 272 g/mol. The van der Waals surface area contributed by atoms with Crippen molar-refractivity contribution < 1.29 is 4.74 Å². The van der Waals surface area contributed by atoms with Crippen LogP contribution >= 0.6 is 0 Å². The second kappa shape index (κ2) is 8.73. The zero-order valence-electron chi connectivity index (χ0n) is 12.1. The highest BCUT2D eigenvalue weighted by molar-refractivity contribution is 5.32. The smallest absolute Gasteiger partial charge is 0.0991 e. The third kappa shape index (κ3) is 5.32. The van der Waals surface area contributed by atoms with Gasteiger partial charge in [-0.1, -0.05) is 31.4 Å². The summed E-state index contributed by atoms with van der Waals surface area (Å²) in [6.45, 7) is 2.64. The van der Waals surface area contributed by atoms with Gasteiger partial charge in [0.15, 0.2) is 0 Å². The number of nitriles is 1. The summed E-state index contributed by atoms with van der Waals surface area (Å²) >= 11 is 0. The first kappa shape index (κ1) is 15.0. The van der Waals surface area contributed by atoms with Crippen molar-refractivity contribution in [2.24, 2.45) is 0 Å². The number of hydrogen-bond acceptors (Lipinski definition) is 3. The van der Waals surface area contributed by atoms with Crippen LogP contribution in [0.5, 0.6) is 0 Å². The van der Waals surface area contributed by atoms with E-state index in [1.165, 1.54) is 32.1 Å². The Bertz CT molecular complexity index is 433. The van der Waals surface area contributed by atoms with Crippen molar-refractivity contribution in [2.75, 3.05) is 13.2 Å². The maximum Gasteiger partial charge on any atom is 0.0991 e. The van der Waals surface area contributed by atoms with Crippen LogP contribution in [0.2, 0.25) is 0 Å². The maximum atomic E-state index is 8.84. The molecule has 0 heterocycles. The lowest BCUT2D eigenvalue weighted by Gasteiger charge is -2.21. The number of nitrogens with zero attached hydrogens (tertiary/aromatic N) is 1. The predicted molar refractivity (Wildman–Crippen MR) is 80.3 cm³/mol. The molecular weight excluding hydrogens is 248 g/mol. The Kier molecular flexibility index (Phi) is 6.56. The third-order valence-electron chi connectivity index (χ3n) is 3.79. The van der Waals surface area contributed by atoms with E-state index in [1.807, 2.05) is 24.3 Å². The fraction of sp³-hybridized carbons (Fsp3) is 0.588. The van der Waals surface area contributed by atoms with Crippen LogP contribution in [0.3, 0.4) is 0 Å². The molecule has 108 valence electrons. The summed E-state index contributed by atoms with van der Waals surface area (Å²) in [6, 6.07) is 9.92. The molecule has 0 saturated heterocycles. The van der Waals surface area contributed by atoms with Gasteiger partial charge in [0.25, 0.3) is 0 Å². The summed E-state index contributed by atoms with van der Waals surface area (Å²) in [6.07, 6.45) is 8.09. The normalized spacial score (nSPS) is 15.9. The molecule has 0 radical (unpaired) electrons. The summed E-state index contributed by atoms with van der Waals surface area (Å²) in [5.41, 5.74) is 1.89. The van der Waals surface area contributed by atoms with Gasteiger partial charge in [0.05, 0.1) is 17.7 Å². The second-order valence-corrected chi connectivity index (χ2v) is 5.47. The first-order chi connectivity index (χ1) is 9.88. The molecule has 1 aromatic rings. The molecule has 0 amide bonds. The lowest BCUT2D eigenvalue weighted by molar-refractivity contribution is 0.0273. The van der Waals surface area contributed by atoms with E-state index >= 15 is 0 Å². The van der Waals surface area contributed by atoms with Crippen LogP contribution in [0.15, 0.2) is 24.3 Å². The standard InChI is InChI=1S/C17H24N2O/c18-13-15-6-4-7-16(12-15)14-19-10-5-11-20-17-8-2-1-3-9-17/h4,6-7,12,17,19H,1-3,5,8-11,14H2. The van der Waals surface area contributed by atoms with Crippen LogP contribution in [0, 0.1) is 11.3 Å². The number of ether oxygens (including phenoxy) is 1. The SMILES string of the molecule is N#Cc1cccc(CNCCCOC2CCCCC2)c1. The molecule has 0 aromatic heterocycles. The van der Waals surface area contributed by atoms with Crippen LogP contribution in [0.1, 0.15) is 49.7 Å². The molecule has 3 heteroatoms. The average Bonchev–Trinajstić information content (AvgIpc) is 2.52. The molecule has 1 N–H and O–H groups in total. The van der Waals surface area contributed by atoms with Gasteiger partial charge in [-0.2, -0.15) is 5.26 Å². The minimum absolute atomic E-state index is 0.510. The van der Waals surface area contributed by atoms with Gasteiger partial charge in [0.1, 0.15) is 0 Å². The molecule has 1 aromatic carbocycles. The van der Waals surface area contributed by atoms with Crippen LogP contribution in [-0.4, -0.2) is 19.3 Å². The fourth-order valence-corrected chi connectivity index (χ4v) is 2.66. The molecule has 20 heavy (non-hydrogen) atoms. The molecule has 2 rings (SSSR count). The van der Waals surface area contributed by atoms with Gasteiger partial charge in [-0.3, -0.25) is 0 Å². The Balaban J connectivity index is 1.54. The van der Waals surface area contributed by atoms with Crippen LogP contribution in [0.25, 0.3) is 0 Å². The van der Waals surface area contributed by atoms with Gasteiger partial charge < -0.3 is 10.1 Å². The summed E-state index contributed by atoms with van der Waals surface area (Å²) in [5, 5.41) is 12.2. The van der Waals surface area contributed by atoms with Crippen molar-refractivity contribution in [3.63, 3.8) is 0 Å². The van der Waals surface area contributed by atoms with Crippen molar-refractivity contribution in [1.82, 2.24) is 5.32 Å². The topological polar surface area (TPSA) is 45.0 Å². The minimum Gasteiger partial charge on any atom is -0.378 e. The van der Waals surface area contributed by atoms with Crippen molar-refractivity contribution >= 4 is 0 Å². The van der Waals surface area contributed by atoms with Gasteiger partial charge in [0.2, 0.25) is 0 Å². The second-order valence-electron chi connectivity index (χ2n) is 5.47. The highest BCUT2D eigenvalue weighted by atomic mass is 16.5. The Morgan fingerprint density at radius 1 is 1.25 bits per heavy atom. The predicted octanol–water partition coefficient (Wildman–Crippen LogP) is 3.39. The van der Waals surface area contributed by atoms with Crippen molar-refractivity contribution in [1.29, 1.82) is 5.26 Å². The monoisotopic (exact) mass is 272 g/mol. The lowest BCUT2D eigenvalue weighted by Crippen LogP contribution is -2.20. The Hall–Kier alpha value is -1.37. The highest BCUT2D eigenvalue weighted by Gasteiger charge is 2.12. The van der Waals surface area contributed by atoms with Crippen LogP contribution < -0.4 is 5.32 Å². The summed E-state index contributed by atoms with van der Waals surface area (Å²) < 4.78 is 5.89. The fourth-order valence-electron chi connectivity index (χ4n) is 2.66. The number of rotatable bonds is 7. The van der Waals surface area contributed by atoms with Crippen molar-refractivity contribution in [3.8, 4) is 6.07 Å². The van der Waals surface area contributed by atoms with Crippen LogP contribution in [0.4, 0.5) is 0 Å². The van der Waals surface area contributed by atoms with Gasteiger partial charge in [-0.25, -0.2) is 0 Å². The molecule has 1 saturated carbocycles. The quantitative estimate of drug-likeness (QED) is 0.774. The van der Waals surface area contributed by atoms with E-state index in [0.29, 0.717) is 6.10 Å². The highest BCUT2D eigenvalue weighted by Crippen LogP contribution is 2.20. The van der Waals surface area contributed by atoms with Crippen molar-refractivity contribution in [3.05, 3.63) is 35.4 Å². The molecule has 1 fully saturated rings. The molecule has 0 unspecified atom stereocenters. The molecule has 0 aliphatic heterocycles. The van der Waals surface area contributed by atoms with E-state index in [1.54, 1.807) is 0 Å². The first-order valence-corrected chi connectivity index (χ1v) is 7.70. The van der Waals surface area contributed by atoms with E-state index in [4.69, 9.17) is 10.00 Å². The van der Waals surface area contributed by atoms with Gasteiger partial charge >= 0.3 is 0 Å². The summed E-state index contributed by atoms with van der Waals surface area (Å²) in [7, 11) is 0. The van der Waals surface area contributed by atoms with E-state index in [9.17, 15) is 0 Å². The maximum absolute atomic E-state index is 8.84. The lowest BCUT2D eigenvalue weighted by atomic mass is 9.98. The molecule has 0 bridgehead atoms. The Morgan fingerprint density at radius 2 is 2.10 bits per heavy atom. The number of benzene rings is 1. The molecule has 0 spiro atoms. The number of nitrogens with one attached hydrogen (secondary N) is 1. The molecule has 1 aliphatic carbocycles. The molecular formula is C17H24N2O. The van der Waals surface area contributed by atoms with Crippen LogP contribution in [-0.2, 0) is 11.3 Å². The molecule has 3 nitrogen and oxygen atoms in total. The van der Waals surface area contributed by atoms with Gasteiger partial charge in [-0.05, 0) is 43.5 Å². The third-order valence-corrected chi connectivity index (χ3v) is 3.79.